The van der Waals surface area contributed by atoms with Crippen molar-refractivity contribution in [3.05, 3.63) is 64.6 Å². The first-order chi connectivity index (χ1) is 13.9. The van der Waals surface area contributed by atoms with Crippen LogP contribution in [0, 0.1) is 6.92 Å². The van der Waals surface area contributed by atoms with Crippen molar-refractivity contribution in [1.82, 2.24) is 4.90 Å². The highest BCUT2D eigenvalue weighted by atomic mass is 32.2. The Hall–Kier alpha value is -3.26. The van der Waals surface area contributed by atoms with Crippen molar-refractivity contribution < 1.29 is 23.9 Å². The first-order valence-corrected chi connectivity index (χ1v) is 9.70. The van der Waals surface area contributed by atoms with Gasteiger partial charge in [0.15, 0.2) is 0 Å². The lowest BCUT2D eigenvalue weighted by Crippen LogP contribution is -2.36. The molecule has 2 N–H and O–H groups in total. The number of amides is 3. The first kappa shape index (κ1) is 20.5. The molecule has 0 atom stereocenters. The lowest BCUT2D eigenvalue weighted by atomic mass is 10.2. The molecule has 0 aliphatic carbocycles. The molecule has 0 spiro atoms. The molecule has 29 heavy (non-hydrogen) atoms. The average Bonchev–Trinajstić information content (AvgIpc) is 2.94. The number of nitrogens with zero attached hydrogens (tertiary/aromatic N) is 1. The van der Waals surface area contributed by atoms with E-state index in [0.29, 0.717) is 24.5 Å². The van der Waals surface area contributed by atoms with Crippen LogP contribution in [0.25, 0.3) is 6.08 Å². The number of aryl methyl sites for hydroxylation is 1. The van der Waals surface area contributed by atoms with Crippen molar-refractivity contribution >= 4 is 34.9 Å². The van der Waals surface area contributed by atoms with Crippen LogP contribution >= 0.6 is 11.8 Å². The molecule has 0 saturated carbocycles. The number of carbonyl (C=O) groups is 3. The van der Waals surface area contributed by atoms with E-state index in [4.69, 9.17) is 15.2 Å². The molecule has 1 saturated heterocycles. The predicted octanol–water partition coefficient (Wildman–Crippen LogP) is 2.97. The van der Waals surface area contributed by atoms with Gasteiger partial charge in [0.2, 0.25) is 5.91 Å². The Balaban J connectivity index is 1.57. The first-order valence-electron chi connectivity index (χ1n) is 8.88. The van der Waals surface area contributed by atoms with Crippen LogP contribution in [0.1, 0.15) is 11.1 Å². The van der Waals surface area contributed by atoms with E-state index < -0.39 is 23.6 Å². The molecule has 0 radical (unpaired) electrons. The second kappa shape index (κ2) is 9.29. The minimum absolute atomic E-state index is 0.233. The molecule has 150 valence electrons. The second-order valence-electron chi connectivity index (χ2n) is 6.32. The number of hydrogen-bond acceptors (Lipinski definition) is 6. The van der Waals surface area contributed by atoms with E-state index in [9.17, 15) is 14.4 Å². The number of imide groups is 1. The standard InChI is InChI=1S/C21H20N2O5S/c1-14-5-7-16(8-6-14)27-9-10-28-17-4-2-3-15(11-17)12-18-20(25)23(13-19(22)24)21(26)29-18/h2-8,11-12H,9-10,13H2,1H3,(H2,22,24)/b18-12-. The van der Waals surface area contributed by atoms with Crippen LogP contribution in [0.15, 0.2) is 53.4 Å². The molecule has 8 heteroatoms. The Morgan fingerprint density at radius 1 is 1.07 bits per heavy atom. The Labute approximate surface area is 172 Å². The van der Waals surface area contributed by atoms with Crippen molar-refractivity contribution in [2.24, 2.45) is 5.73 Å². The monoisotopic (exact) mass is 412 g/mol. The third-order valence-corrected chi connectivity index (χ3v) is 4.89. The molecule has 2 aromatic rings. The highest BCUT2D eigenvalue weighted by molar-refractivity contribution is 8.18. The van der Waals surface area contributed by atoms with Gasteiger partial charge in [0.05, 0.1) is 4.91 Å². The van der Waals surface area contributed by atoms with E-state index in [0.717, 1.165) is 28.0 Å². The van der Waals surface area contributed by atoms with Gasteiger partial charge < -0.3 is 15.2 Å². The van der Waals surface area contributed by atoms with Gasteiger partial charge in [-0.15, -0.1) is 0 Å². The molecule has 2 aromatic carbocycles. The maximum atomic E-state index is 12.3. The summed E-state index contributed by atoms with van der Waals surface area (Å²) in [6, 6.07) is 14.9. The number of thioether (sulfide) groups is 1. The molecule has 3 amide bonds. The molecule has 0 aromatic heterocycles. The quantitative estimate of drug-likeness (QED) is 0.529. The molecule has 7 nitrogen and oxygen atoms in total. The number of hydrogen-bond donors (Lipinski definition) is 1. The summed E-state index contributed by atoms with van der Waals surface area (Å²) in [5.41, 5.74) is 6.94. The summed E-state index contributed by atoms with van der Waals surface area (Å²) in [5, 5.41) is -0.513. The molecule has 0 bridgehead atoms. The fourth-order valence-electron chi connectivity index (χ4n) is 2.59. The number of carbonyl (C=O) groups excluding carboxylic acids is 3. The summed E-state index contributed by atoms with van der Waals surface area (Å²) in [7, 11) is 0. The smallest absolute Gasteiger partial charge is 0.294 e. The molecule has 1 fully saturated rings. The normalized spacial score (nSPS) is 15.1. The van der Waals surface area contributed by atoms with E-state index in [-0.39, 0.29) is 4.91 Å². The van der Waals surface area contributed by atoms with Gasteiger partial charge in [-0.1, -0.05) is 29.8 Å². The third kappa shape index (κ3) is 5.61. The van der Waals surface area contributed by atoms with Crippen molar-refractivity contribution in [3.63, 3.8) is 0 Å². The van der Waals surface area contributed by atoms with Gasteiger partial charge in [0, 0.05) is 0 Å². The number of rotatable bonds is 8. The molecule has 0 unspecified atom stereocenters. The lowest BCUT2D eigenvalue weighted by molar-refractivity contribution is -0.127. The second-order valence-corrected chi connectivity index (χ2v) is 7.31. The summed E-state index contributed by atoms with van der Waals surface area (Å²) in [6.45, 7) is 2.33. The molecule has 1 aliphatic rings. The van der Waals surface area contributed by atoms with E-state index in [1.807, 2.05) is 31.2 Å². The maximum absolute atomic E-state index is 12.3. The van der Waals surface area contributed by atoms with Crippen LogP contribution in [0.5, 0.6) is 11.5 Å². The van der Waals surface area contributed by atoms with Gasteiger partial charge >= 0.3 is 0 Å². The minimum Gasteiger partial charge on any atom is -0.490 e. The minimum atomic E-state index is -0.739. The number of primary amides is 1. The number of ether oxygens (including phenoxy) is 2. The van der Waals surface area contributed by atoms with E-state index in [2.05, 4.69) is 0 Å². The highest BCUT2D eigenvalue weighted by Crippen LogP contribution is 2.32. The predicted molar refractivity (Wildman–Crippen MR) is 110 cm³/mol. The SMILES string of the molecule is Cc1ccc(OCCOc2cccc(/C=C3\SC(=O)N(CC(N)=O)C3=O)c2)cc1. The van der Waals surface area contributed by atoms with Crippen LogP contribution in [0.4, 0.5) is 4.79 Å². The van der Waals surface area contributed by atoms with Crippen LogP contribution in [0.2, 0.25) is 0 Å². The molecule has 1 aliphatic heterocycles. The van der Waals surface area contributed by atoms with Gasteiger partial charge in [0.1, 0.15) is 31.3 Å². The van der Waals surface area contributed by atoms with Gasteiger partial charge in [0.25, 0.3) is 11.1 Å². The maximum Gasteiger partial charge on any atom is 0.294 e. The van der Waals surface area contributed by atoms with E-state index in [1.54, 1.807) is 30.3 Å². The molecule has 1 heterocycles. The summed E-state index contributed by atoms with van der Waals surface area (Å²) in [5.74, 6) is 0.121. The third-order valence-electron chi connectivity index (χ3n) is 3.99. The number of nitrogens with two attached hydrogens (primary N) is 1. The molecular weight excluding hydrogens is 392 g/mol. The van der Waals surface area contributed by atoms with Gasteiger partial charge in [-0.25, -0.2) is 0 Å². The Kier molecular flexibility index (Phi) is 6.56. The van der Waals surface area contributed by atoms with Crippen LogP contribution < -0.4 is 15.2 Å². The molecule has 3 rings (SSSR count). The van der Waals surface area contributed by atoms with Crippen molar-refractivity contribution in [2.45, 2.75) is 6.92 Å². The fraction of sp³-hybridized carbons (Fsp3) is 0.190. The Bertz CT molecular complexity index is 956. The van der Waals surface area contributed by atoms with Gasteiger partial charge in [-0.3, -0.25) is 19.3 Å². The topological polar surface area (TPSA) is 98.9 Å². The zero-order valence-electron chi connectivity index (χ0n) is 15.8. The van der Waals surface area contributed by atoms with Crippen LogP contribution in [0.3, 0.4) is 0 Å². The lowest BCUT2D eigenvalue weighted by Gasteiger charge is -2.09. The fourth-order valence-corrected chi connectivity index (χ4v) is 3.43. The van der Waals surface area contributed by atoms with Gasteiger partial charge in [-0.05, 0) is 54.6 Å². The highest BCUT2D eigenvalue weighted by Gasteiger charge is 2.35. The van der Waals surface area contributed by atoms with Crippen LogP contribution in [-0.4, -0.2) is 41.7 Å². The summed E-state index contributed by atoms with van der Waals surface area (Å²) in [6.07, 6.45) is 1.58. The van der Waals surface area contributed by atoms with E-state index in [1.165, 1.54) is 0 Å². The zero-order valence-corrected chi connectivity index (χ0v) is 16.6. The Morgan fingerprint density at radius 2 is 1.76 bits per heavy atom. The van der Waals surface area contributed by atoms with Crippen molar-refractivity contribution in [1.29, 1.82) is 0 Å². The Morgan fingerprint density at radius 3 is 2.45 bits per heavy atom. The zero-order chi connectivity index (χ0) is 20.8. The molecular formula is C21H20N2O5S. The largest absolute Gasteiger partial charge is 0.490 e. The van der Waals surface area contributed by atoms with Crippen LogP contribution in [-0.2, 0) is 9.59 Å². The number of benzene rings is 2. The van der Waals surface area contributed by atoms with Crippen molar-refractivity contribution in [3.8, 4) is 11.5 Å². The van der Waals surface area contributed by atoms with E-state index >= 15 is 0 Å². The summed E-state index contributed by atoms with van der Waals surface area (Å²) < 4.78 is 11.3. The van der Waals surface area contributed by atoms with Gasteiger partial charge in [-0.2, -0.15) is 0 Å². The summed E-state index contributed by atoms with van der Waals surface area (Å²) in [4.78, 5) is 36.2. The summed E-state index contributed by atoms with van der Waals surface area (Å²) >= 11 is 0.774. The van der Waals surface area contributed by atoms with Crippen molar-refractivity contribution in [2.75, 3.05) is 19.8 Å². The average molecular weight is 412 g/mol.